The summed E-state index contributed by atoms with van der Waals surface area (Å²) in [6, 6.07) is 3.96. The molecule has 0 bridgehead atoms. The van der Waals surface area contributed by atoms with Crippen molar-refractivity contribution in [2.45, 2.75) is 44.8 Å². The van der Waals surface area contributed by atoms with Gasteiger partial charge in [-0.2, -0.15) is 10.2 Å². The van der Waals surface area contributed by atoms with Crippen molar-refractivity contribution in [3.05, 3.63) is 24.0 Å². The number of hydrogen-bond acceptors (Lipinski definition) is 4. The van der Waals surface area contributed by atoms with E-state index in [1.807, 2.05) is 24.1 Å². The third kappa shape index (κ3) is 2.85. The van der Waals surface area contributed by atoms with E-state index in [0.717, 1.165) is 25.0 Å². The molecule has 5 nitrogen and oxygen atoms in total. The van der Waals surface area contributed by atoms with Gasteiger partial charge in [0, 0.05) is 12.2 Å². The molecular formula is C13H20N4O. The molecule has 1 amide bonds. The lowest BCUT2D eigenvalue weighted by molar-refractivity contribution is -0.135. The molecule has 1 saturated heterocycles. The van der Waals surface area contributed by atoms with Gasteiger partial charge in [0.2, 0.25) is 5.91 Å². The van der Waals surface area contributed by atoms with Crippen LogP contribution in [-0.4, -0.2) is 40.1 Å². The van der Waals surface area contributed by atoms with E-state index >= 15 is 0 Å². The number of hydrogen-bond donors (Lipinski definition) is 1. The zero-order valence-electron chi connectivity index (χ0n) is 11.0. The number of nitrogens with zero attached hydrogens (tertiary/aromatic N) is 3. The number of likely N-dealkylation sites (N-methyl/N-ethyl adjacent to an activating group) is 1. The van der Waals surface area contributed by atoms with Gasteiger partial charge in [-0.05, 0) is 45.4 Å². The maximum atomic E-state index is 12.4. The largest absolute Gasteiger partial charge is 0.333 e. The van der Waals surface area contributed by atoms with E-state index in [2.05, 4.69) is 22.4 Å². The summed E-state index contributed by atoms with van der Waals surface area (Å²) >= 11 is 0. The summed E-state index contributed by atoms with van der Waals surface area (Å²) in [5.74, 6) is 0.174. The van der Waals surface area contributed by atoms with E-state index in [1.54, 1.807) is 6.20 Å². The Kier molecular flexibility index (Phi) is 4.25. The summed E-state index contributed by atoms with van der Waals surface area (Å²) in [6.07, 6.45) is 4.68. The van der Waals surface area contributed by atoms with Crippen molar-refractivity contribution in [2.24, 2.45) is 0 Å². The van der Waals surface area contributed by atoms with Crippen LogP contribution in [0.1, 0.15) is 31.9 Å². The standard InChI is InChI=1S/C13H20N4O/c1-10-5-3-7-12(14-2)13(18)17(10)9-11-6-4-8-15-16-11/h4,6,8,10,12,14H,3,5,7,9H2,1-2H3. The summed E-state index contributed by atoms with van der Waals surface area (Å²) in [6.45, 7) is 2.65. The van der Waals surface area contributed by atoms with Crippen LogP contribution in [0.3, 0.4) is 0 Å². The first-order valence-electron chi connectivity index (χ1n) is 6.46. The predicted octanol–water partition coefficient (Wildman–Crippen LogP) is 0.966. The molecule has 0 saturated carbocycles. The molecule has 18 heavy (non-hydrogen) atoms. The van der Waals surface area contributed by atoms with Crippen molar-refractivity contribution in [3.8, 4) is 0 Å². The molecule has 2 unspecified atom stereocenters. The van der Waals surface area contributed by atoms with Gasteiger partial charge in [-0.3, -0.25) is 4.79 Å². The van der Waals surface area contributed by atoms with Crippen LogP contribution in [0.4, 0.5) is 0 Å². The Bertz CT molecular complexity index is 395. The maximum Gasteiger partial charge on any atom is 0.240 e. The van der Waals surface area contributed by atoms with Crippen LogP contribution in [0.15, 0.2) is 18.3 Å². The van der Waals surface area contributed by atoms with Crippen molar-refractivity contribution in [1.29, 1.82) is 0 Å². The Hall–Kier alpha value is -1.49. The van der Waals surface area contributed by atoms with Crippen LogP contribution in [0.25, 0.3) is 0 Å². The quantitative estimate of drug-likeness (QED) is 0.866. The van der Waals surface area contributed by atoms with E-state index in [9.17, 15) is 4.79 Å². The number of likely N-dealkylation sites (tertiary alicyclic amines) is 1. The highest BCUT2D eigenvalue weighted by atomic mass is 16.2. The molecule has 0 aromatic carbocycles. The Morgan fingerprint density at radius 3 is 3.00 bits per heavy atom. The van der Waals surface area contributed by atoms with Crippen LogP contribution in [0.2, 0.25) is 0 Å². The number of carbonyl (C=O) groups is 1. The topological polar surface area (TPSA) is 58.1 Å². The minimum absolute atomic E-state index is 0.0633. The molecule has 1 aliphatic rings. The second kappa shape index (κ2) is 5.91. The summed E-state index contributed by atoms with van der Waals surface area (Å²) < 4.78 is 0. The van der Waals surface area contributed by atoms with Gasteiger partial charge < -0.3 is 10.2 Å². The number of amides is 1. The van der Waals surface area contributed by atoms with E-state index in [4.69, 9.17) is 0 Å². The second-order valence-electron chi connectivity index (χ2n) is 4.80. The monoisotopic (exact) mass is 248 g/mol. The van der Waals surface area contributed by atoms with Gasteiger partial charge in [-0.25, -0.2) is 0 Å². The lowest BCUT2D eigenvalue weighted by atomic mass is 10.1. The molecule has 0 spiro atoms. The summed E-state index contributed by atoms with van der Waals surface area (Å²) in [5, 5.41) is 11.0. The molecule has 1 aromatic rings. The molecule has 2 heterocycles. The van der Waals surface area contributed by atoms with Crippen LogP contribution in [-0.2, 0) is 11.3 Å². The molecule has 2 rings (SSSR count). The molecule has 5 heteroatoms. The second-order valence-corrected chi connectivity index (χ2v) is 4.80. The van der Waals surface area contributed by atoms with Gasteiger partial charge in [0.15, 0.2) is 0 Å². The lowest BCUT2D eigenvalue weighted by Crippen LogP contribution is -2.46. The number of rotatable bonds is 3. The van der Waals surface area contributed by atoms with Crippen LogP contribution < -0.4 is 5.32 Å². The number of aromatic nitrogens is 2. The van der Waals surface area contributed by atoms with Crippen LogP contribution in [0.5, 0.6) is 0 Å². The fourth-order valence-electron chi connectivity index (χ4n) is 2.41. The Labute approximate surface area is 108 Å². The van der Waals surface area contributed by atoms with E-state index in [1.165, 1.54) is 0 Å². The van der Waals surface area contributed by atoms with Crippen molar-refractivity contribution in [3.63, 3.8) is 0 Å². The summed E-state index contributed by atoms with van der Waals surface area (Å²) in [4.78, 5) is 14.3. The van der Waals surface area contributed by atoms with E-state index in [-0.39, 0.29) is 18.0 Å². The Balaban J connectivity index is 2.14. The maximum absolute atomic E-state index is 12.4. The summed E-state index contributed by atoms with van der Waals surface area (Å²) in [7, 11) is 1.85. The van der Waals surface area contributed by atoms with Crippen molar-refractivity contribution >= 4 is 5.91 Å². The van der Waals surface area contributed by atoms with Crippen molar-refractivity contribution < 1.29 is 4.79 Å². The summed E-state index contributed by atoms with van der Waals surface area (Å²) in [5.41, 5.74) is 0.842. The fourth-order valence-corrected chi connectivity index (χ4v) is 2.41. The first-order chi connectivity index (χ1) is 8.72. The minimum atomic E-state index is -0.0633. The molecule has 0 radical (unpaired) electrons. The molecule has 1 N–H and O–H groups in total. The molecule has 98 valence electrons. The van der Waals surface area contributed by atoms with Gasteiger partial charge in [0.1, 0.15) is 0 Å². The van der Waals surface area contributed by atoms with Gasteiger partial charge >= 0.3 is 0 Å². The normalized spacial score (nSPS) is 25.0. The Morgan fingerprint density at radius 1 is 1.50 bits per heavy atom. The highest BCUT2D eigenvalue weighted by Gasteiger charge is 2.30. The molecule has 1 aliphatic heterocycles. The first-order valence-corrected chi connectivity index (χ1v) is 6.46. The molecular weight excluding hydrogens is 228 g/mol. The predicted molar refractivity (Wildman–Crippen MR) is 68.7 cm³/mol. The third-order valence-corrected chi connectivity index (χ3v) is 3.54. The Morgan fingerprint density at radius 2 is 2.33 bits per heavy atom. The van der Waals surface area contributed by atoms with Gasteiger partial charge in [-0.1, -0.05) is 0 Å². The smallest absolute Gasteiger partial charge is 0.240 e. The molecule has 2 atom stereocenters. The molecule has 1 fully saturated rings. The van der Waals surface area contributed by atoms with Crippen LogP contribution >= 0.6 is 0 Å². The average molecular weight is 248 g/mol. The van der Waals surface area contributed by atoms with Gasteiger partial charge in [0.25, 0.3) is 0 Å². The number of nitrogens with one attached hydrogen (secondary N) is 1. The van der Waals surface area contributed by atoms with Gasteiger partial charge in [-0.15, -0.1) is 0 Å². The molecule has 0 aliphatic carbocycles. The molecule has 1 aromatic heterocycles. The highest BCUT2D eigenvalue weighted by Crippen LogP contribution is 2.19. The first kappa shape index (κ1) is 13.0. The van der Waals surface area contributed by atoms with E-state index < -0.39 is 0 Å². The average Bonchev–Trinajstić information content (AvgIpc) is 2.53. The number of carbonyl (C=O) groups excluding carboxylic acids is 1. The van der Waals surface area contributed by atoms with Gasteiger partial charge in [0.05, 0.1) is 18.3 Å². The fraction of sp³-hybridized carbons (Fsp3) is 0.615. The van der Waals surface area contributed by atoms with Crippen molar-refractivity contribution in [1.82, 2.24) is 20.4 Å². The third-order valence-electron chi connectivity index (χ3n) is 3.54. The highest BCUT2D eigenvalue weighted by molar-refractivity contribution is 5.82. The zero-order chi connectivity index (χ0) is 13.0. The van der Waals surface area contributed by atoms with Crippen molar-refractivity contribution in [2.75, 3.05) is 7.05 Å². The SMILES string of the molecule is CNC1CCCC(C)N(Cc2cccnn2)C1=O. The zero-order valence-corrected chi connectivity index (χ0v) is 11.0. The minimum Gasteiger partial charge on any atom is -0.333 e. The lowest BCUT2D eigenvalue weighted by Gasteiger charge is -2.28. The van der Waals surface area contributed by atoms with Crippen LogP contribution in [0, 0.1) is 0 Å². The van der Waals surface area contributed by atoms with E-state index in [0.29, 0.717) is 6.54 Å².